The third kappa shape index (κ3) is 2.92. The van der Waals surface area contributed by atoms with Crippen LogP contribution in [0.25, 0.3) is 0 Å². The highest BCUT2D eigenvalue weighted by Gasteiger charge is 2.65. The Morgan fingerprint density at radius 2 is 1.35 bits per heavy atom. The average molecular weight is 389 g/mol. The quantitative estimate of drug-likeness (QED) is 0.665. The van der Waals surface area contributed by atoms with E-state index in [-0.39, 0.29) is 8.84 Å². The Bertz CT molecular complexity index is 529. The number of imide groups is 3. The molecular formula is C12H18Cl3N4O4+. The maximum atomic E-state index is 12.3. The minimum atomic E-state index is -1.73. The Morgan fingerprint density at radius 1 is 0.957 bits per heavy atom. The average Bonchev–Trinajstić information content (AvgIpc) is 2.45. The van der Waals surface area contributed by atoms with Crippen molar-refractivity contribution in [1.82, 2.24) is 13.9 Å². The lowest BCUT2D eigenvalue weighted by atomic mass is 9.82. The summed E-state index contributed by atoms with van der Waals surface area (Å²) in [5, 5.41) is 1.50. The van der Waals surface area contributed by atoms with Crippen molar-refractivity contribution in [2.45, 2.75) is 58.0 Å². The molecule has 2 aliphatic rings. The van der Waals surface area contributed by atoms with Gasteiger partial charge in [0.25, 0.3) is 0 Å². The summed E-state index contributed by atoms with van der Waals surface area (Å²) >= 11 is 17.2. The highest BCUT2D eigenvalue weighted by Crippen LogP contribution is 2.42. The second-order valence-corrected chi connectivity index (χ2v) is 7.95. The first kappa shape index (κ1) is 18.7. The molecule has 130 valence electrons. The van der Waals surface area contributed by atoms with Crippen LogP contribution in [0.2, 0.25) is 0 Å². The first-order valence-electron chi connectivity index (χ1n) is 6.98. The molecule has 0 unspecified atom stereocenters. The molecular weight excluding hydrogens is 371 g/mol. The molecule has 0 N–H and O–H groups in total. The smallest absolute Gasteiger partial charge is 0.244 e. The molecule has 2 fully saturated rings. The number of rotatable bonds is 2. The van der Waals surface area contributed by atoms with Crippen molar-refractivity contribution in [3.63, 3.8) is 0 Å². The summed E-state index contributed by atoms with van der Waals surface area (Å²) in [5.74, 6) is 0. The van der Waals surface area contributed by atoms with Crippen LogP contribution in [-0.2, 0) is 4.94 Å². The van der Waals surface area contributed by atoms with Gasteiger partial charge in [-0.3, -0.25) is 0 Å². The van der Waals surface area contributed by atoms with E-state index in [0.717, 1.165) is 19.3 Å². The largest absolute Gasteiger partial charge is 0.505 e. The Hall–Kier alpha value is -0.640. The normalized spacial score (nSPS) is 27.5. The van der Waals surface area contributed by atoms with Crippen LogP contribution in [0.1, 0.15) is 47.0 Å². The van der Waals surface area contributed by atoms with Gasteiger partial charge in [0.05, 0.1) is 0 Å². The third-order valence-corrected chi connectivity index (χ3v) is 4.96. The van der Waals surface area contributed by atoms with E-state index in [1.54, 1.807) is 0 Å². The fraction of sp³-hybridized carbons (Fsp3) is 0.750. The summed E-state index contributed by atoms with van der Waals surface area (Å²) < 4.78 is -1.50. The van der Waals surface area contributed by atoms with Crippen LogP contribution >= 0.6 is 35.3 Å². The van der Waals surface area contributed by atoms with Gasteiger partial charge < -0.3 is 0 Å². The van der Waals surface area contributed by atoms with Crippen LogP contribution in [0.5, 0.6) is 0 Å². The monoisotopic (exact) mass is 387 g/mol. The number of amides is 6. The van der Waals surface area contributed by atoms with E-state index < -0.39 is 33.3 Å². The van der Waals surface area contributed by atoms with Gasteiger partial charge in [-0.25, -0.2) is 4.79 Å². The van der Waals surface area contributed by atoms with Gasteiger partial charge >= 0.3 is 18.1 Å². The number of halogens is 3. The van der Waals surface area contributed by atoms with Gasteiger partial charge in [0.15, 0.2) is 0 Å². The van der Waals surface area contributed by atoms with E-state index in [9.17, 15) is 14.4 Å². The van der Waals surface area contributed by atoms with Crippen LogP contribution in [-0.4, -0.2) is 47.2 Å². The molecule has 8 nitrogen and oxygen atoms in total. The Morgan fingerprint density at radius 3 is 1.74 bits per heavy atom. The van der Waals surface area contributed by atoms with Gasteiger partial charge in [-0.15, -0.1) is 13.9 Å². The predicted octanol–water partition coefficient (Wildman–Crippen LogP) is 4.13. The van der Waals surface area contributed by atoms with Crippen molar-refractivity contribution < 1.29 is 23.5 Å². The lowest BCUT2D eigenvalue weighted by Gasteiger charge is -2.50. The molecule has 2 saturated heterocycles. The number of quaternary nitrogens is 1. The number of hydrogen-bond donors (Lipinski definition) is 0. The molecule has 0 bridgehead atoms. The highest BCUT2D eigenvalue weighted by atomic mass is 35.5. The standard InChI is InChI=1S/C12H18Cl3N4O4/c1-11(2)6-5-7-12(3,4)18(11)23-19(15)9(21)16(13)8(20)17(14)10(19)22/h5-7H2,1-4H3/q+1. The summed E-state index contributed by atoms with van der Waals surface area (Å²) in [5.41, 5.74) is -1.00. The molecule has 0 aliphatic carbocycles. The topological polar surface area (TPSA) is 70.2 Å². The zero-order chi connectivity index (χ0) is 17.8. The van der Waals surface area contributed by atoms with Crippen LogP contribution in [0.3, 0.4) is 0 Å². The Balaban J connectivity index is 2.41. The fourth-order valence-corrected chi connectivity index (χ4v) is 3.62. The highest BCUT2D eigenvalue weighted by molar-refractivity contribution is 6.41. The van der Waals surface area contributed by atoms with Crippen molar-refractivity contribution in [2.75, 3.05) is 0 Å². The van der Waals surface area contributed by atoms with E-state index >= 15 is 0 Å². The SMILES string of the molecule is CC1(C)CCCC(C)(C)N1O[N+]1(Cl)C(=O)N(Cl)C(=O)N(Cl)C1=O. The van der Waals surface area contributed by atoms with Gasteiger partial charge in [0.2, 0.25) is 11.8 Å². The van der Waals surface area contributed by atoms with Crippen molar-refractivity contribution in [3.8, 4) is 0 Å². The molecule has 0 saturated carbocycles. The number of carbonyl (C=O) groups is 3. The second-order valence-electron chi connectivity index (χ2n) is 6.80. The number of hydrogen-bond acceptors (Lipinski definition) is 5. The first-order valence-corrected chi connectivity index (χ1v) is 7.99. The summed E-state index contributed by atoms with van der Waals surface area (Å²) in [6.45, 7) is 7.60. The van der Waals surface area contributed by atoms with Gasteiger partial charge in [0.1, 0.15) is 4.17 Å². The number of piperidine rings is 1. The summed E-state index contributed by atoms with van der Waals surface area (Å²) in [4.78, 5) is 41.7. The number of urea groups is 3. The molecule has 2 aliphatic heterocycles. The first-order chi connectivity index (χ1) is 10.3. The lowest BCUT2D eigenvalue weighted by molar-refractivity contribution is -0.932. The van der Waals surface area contributed by atoms with Crippen LogP contribution in [0.4, 0.5) is 14.4 Å². The van der Waals surface area contributed by atoms with E-state index in [4.69, 9.17) is 40.3 Å². The zero-order valence-electron chi connectivity index (χ0n) is 13.2. The number of hydroxylamine groups is 4. The number of nitrogens with zero attached hydrogens (tertiary/aromatic N) is 4. The predicted molar refractivity (Wildman–Crippen MR) is 82.6 cm³/mol. The molecule has 11 heteroatoms. The zero-order valence-corrected chi connectivity index (χ0v) is 15.4. The molecule has 6 amide bonds. The van der Waals surface area contributed by atoms with Crippen molar-refractivity contribution in [3.05, 3.63) is 0 Å². The molecule has 0 atom stereocenters. The molecule has 2 heterocycles. The van der Waals surface area contributed by atoms with Crippen LogP contribution in [0, 0.1) is 0 Å². The Kier molecular flexibility index (Phi) is 4.65. The lowest BCUT2D eigenvalue weighted by Crippen LogP contribution is -2.70. The molecule has 0 aromatic rings. The Labute approximate surface area is 149 Å². The third-order valence-electron chi connectivity index (χ3n) is 4.03. The minimum absolute atomic E-state index is 0.116. The summed E-state index contributed by atoms with van der Waals surface area (Å²) in [6.07, 6.45) is 2.49. The van der Waals surface area contributed by atoms with Crippen LogP contribution in [0.15, 0.2) is 0 Å². The summed E-state index contributed by atoms with van der Waals surface area (Å²) in [7, 11) is 0. The van der Waals surface area contributed by atoms with Gasteiger partial charge in [-0.05, 0) is 47.0 Å². The van der Waals surface area contributed by atoms with Gasteiger partial charge in [0, 0.05) is 34.6 Å². The summed E-state index contributed by atoms with van der Waals surface area (Å²) in [6, 6.07) is -3.71. The van der Waals surface area contributed by atoms with Gasteiger partial charge in [-0.2, -0.15) is 9.59 Å². The van der Waals surface area contributed by atoms with Crippen molar-refractivity contribution in [1.29, 1.82) is 0 Å². The maximum absolute atomic E-state index is 12.3. The van der Waals surface area contributed by atoms with E-state index in [1.165, 1.54) is 5.06 Å². The van der Waals surface area contributed by atoms with Crippen LogP contribution < -0.4 is 0 Å². The second kappa shape index (κ2) is 5.72. The molecule has 0 aromatic heterocycles. The molecule has 0 spiro atoms. The van der Waals surface area contributed by atoms with Gasteiger partial charge in [-0.1, -0.05) is 4.94 Å². The van der Waals surface area contributed by atoms with E-state index in [0.29, 0.717) is 0 Å². The minimum Gasteiger partial charge on any atom is -0.244 e. The number of carbonyl (C=O) groups excluding carboxylic acids is 3. The molecule has 0 radical (unpaired) electrons. The fourth-order valence-electron chi connectivity index (χ4n) is 2.93. The maximum Gasteiger partial charge on any atom is 0.505 e. The molecule has 0 aromatic carbocycles. The molecule has 23 heavy (non-hydrogen) atoms. The van der Waals surface area contributed by atoms with Crippen molar-refractivity contribution >= 4 is 53.4 Å². The van der Waals surface area contributed by atoms with E-state index in [2.05, 4.69) is 0 Å². The molecule has 2 rings (SSSR count). The van der Waals surface area contributed by atoms with Crippen molar-refractivity contribution in [2.24, 2.45) is 0 Å². The van der Waals surface area contributed by atoms with E-state index in [1.807, 2.05) is 27.7 Å².